The summed E-state index contributed by atoms with van der Waals surface area (Å²) >= 11 is 1.41. The largest absolute Gasteiger partial charge is 0.378 e. The van der Waals surface area contributed by atoms with Crippen LogP contribution in [-0.2, 0) is 4.74 Å². The summed E-state index contributed by atoms with van der Waals surface area (Å²) in [6.07, 6.45) is 3.72. The molecule has 6 nitrogen and oxygen atoms in total. The van der Waals surface area contributed by atoms with Gasteiger partial charge in [-0.3, -0.25) is 9.36 Å². The predicted octanol–water partition coefficient (Wildman–Crippen LogP) is 2.34. The van der Waals surface area contributed by atoms with Gasteiger partial charge in [0.15, 0.2) is 5.82 Å². The number of nitrogens with one attached hydrogen (secondary N) is 2. The van der Waals surface area contributed by atoms with Gasteiger partial charge in [0.2, 0.25) is 0 Å². The summed E-state index contributed by atoms with van der Waals surface area (Å²) in [5.41, 5.74) is 1.70. The van der Waals surface area contributed by atoms with Crippen LogP contribution in [-0.4, -0.2) is 46.2 Å². The molecule has 0 radical (unpaired) electrons. The molecule has 0 saturated carbocycles. The van der Waals surface area contributed by atoms with Crippen LogP contribution in [0.4, 0.5) is 0 Å². The average Bonchev–Trinajstić information content (AvgIpc) is 3.29. The molecule has 0 aliphatic carbocycles. The van der Waals surface area contributed by atoms with E-state index >= 15 is 0 Å². The van der Waals surface area contributed by atoms with Crippen LogP contribution in [0.2, 0.25) is 0 Å². The number of hydrogen-bond donors (Lipinski definition) is 2. The van der Waals surface area contributed by atoms with E-state index in [4.69, 9.17) is 4.74 Å². The molecule has 3 aromatic rings. The third-order valence-corrected chi connectivity index (χ3v) is 5.76. The standard InChI is InChI=1S/C19H20N4O2S/c24-19(21-12-7-13-10-25-11-14(8-12)20-13)16-9-23(18-5-6-26-22-18)17-4-2-1-3-15(16)17/h1-6,9,12-14,20H,7-8,10-11H2,(H,21,24)/t12-,13-,14+. The van der Waals surface area contributed by atoms with Crippen molar-refractivity contribution in [1.82, 2.24) is 19.6 Å². The second kappa shape index (κ2) is 6.50. The van der Waals surface area contributed by atoms with E-state index in [-0.39, 0.29) is 11.9 Å². The van der Waals surface area contributed by atoms with Gasteiger partial charge in [-0.15, -0.1) is 0 Å². The summed E-state index contributed by atoms with van der Waals surface area (Å²) in [5.74, 6) is 0.833. The van der Waals surface area contributed by atoms with Crippen LogP contribution < -0.4 is 10.6 Å². The number of benzene rings is 1. The van der Waals surface area contributed by atoms with E-state index in [1.54, 1.807) is 0 Å². The summed E-state index contributed by atoms with van der Waals surface area (Å²) in [5, 5.41) is 9.71. The molecule has 26 heavy (non-hydrogen) atoms. The van der Waals surface area contributed by atoms with Gasteiger partial charge in [-0.1, -0.05) is 18.2 Å². The van der Waals surface area contributed by atoms with Crippen LogP contribution in [0.25, 0.3) is 16.7 Å². The number of morpholine rings is 1. The summed E-state index contributed by atoms with van der Waals surface area (Å²) in [6, 6.07) is 10.8. The molecule has 0 spiro atoms. The van der Waals surface area contributed by atoms with Crippen LogP contribution in [0.3, 0.4) is 0 Å². The molecule has 134 valence electrons. The fourth-order valence-corrected chi connectivity index (χ4v) is 4.60. The summed E-state index contributed by atoms with van der Waals surface area (Å²) < 4.78 is 12.0. The molecule has 2 aromatic heterocycles. The zero-order valence-corrected chi connectivity index (χ0v) is 15.0. The van der Waals surface area contributed by atoms with Crippen molar-refractivity contribution in [2.24, 2.45) is 0 Å². The minimum Gasteiger partial charge on any atom is -0.378 e. The normalized spacial score (nSPS) is 25.3. The number of hydrogen-bond acceptors (Lipinski definition) is 5. The smallest absolute Gasteiger partial charge is 0.253 e. The van der Waals surface area contributed by atoms with Crippen LogP contribution in [0, 0.1) is 0 Å². The third-order valence-electron chi connectivity index (χ3n) is 5.21. The van der Waals surface area contributed by atoms with E-state index < -0.39 is 0 Å². The van der Waals surface area contributed by atoms with Crippen LogP contribution in [0.15, 0.2) is 41.9 Å². The Bertz CT molecular complexity index is 924. The number of rotatable bonds is 3. The molecular weight excluding hydrogens is 348 g/mol. The van der Waals surface area contributed by atoms with Crippen molar-refractivity contribution < 1.29 is 9.53 Å². The van der Waals surface area contributed by atoms with E-state index in [1.165, 1.54) is 11.5 Å². The van der Waals surface area contributed by atoms with Crippen molar-refractivity contribution in [3.63, 3.8) is 0 Å². The quantitative estimate of drug-likeness (QED) is 0.745. The second-order valence-corrected chi connectivity index (χ2v) is 7.69. The monoisotopic (exact) mass is 368 g/mol. The Morgan fingerprint density at radius 2 is 2.04 bits per heavy atom. The molecule has 5 rings (SSSR count). The number of ether oxygens (including phenoxy) is 1. The lowest BCUT2D eigenvalue weighted by Gasteiger charge is -2.40. The third kappa shape index (κ3) is 2.82. The fraction of sp³-hybridized carbons (Fsp3) is 0.368. The molecule has 7 heteroatoms. The minimum atomic E-state index is -0.0129. The highest BCUT2D eigenvalue weighted by molar-refractivity contribution is 7.03. The molecule has 2 aliphatic rings. The zero-order chi connectivity index (χ0) is 17.5. The number of fused-ring (bicyclic) bond motifs is 3. The highest BCUT2D eigenvalue weighted by Crippen LogP contribution is 2.26. The van der Waals surface area contributed by atoms with Crippen molar-refractivity contribution in [2.75, 3.05) is 13.2 Å². The van der Waals surface area contributed by atoms with Gasteiger partial charge >= 0.3 is 0 Å². The number of aromatic nitrogens is 2. The fourth-order valence-electron chi connectivity index (χ4n) is 4.10. The predicted molar refractivity (Wildman–Crippen MR) is 101 cm³/mol. The maximum atomic E-state index is 13.0. The van der Waals surface area contributed by atoms with Gasteiger partial charge in [0.05, 0.1) is 24.3 Å². The Balaban J connectivity index is 1.44. The molecule has 4 heterocycles. The lowest BCUT2D eigenvalue weighted by Crippen LogP contribution is -2.58. The van der Waals surface area contributed by atoms with Crippen LogP contribution in [0.5, 0.6) is 0 Å². The van der Waals surface area contributed by atoms with Gasteiger partial charge in [-0.05, 0) is 36.5 Å². The minimum absolute atomic E-state index is 0.0129. The Labute approximate surface area is 155 Å². The van der Waals surface area contributed by atoms with E-state index in [1.807, 2.05) is 46.5 Å². The number of amides is 1. The Hall–Kier alpha value is -2.22. The molecule has 2 aliphatic heterocycles. The summed E-state index contributed by atoms with van der Waals surface area (Å²) in [4.78, 5) is 13.0. The lowest BCUT2D eigenvalue weighted by molar-refractivity contribution is 0.0148. The SMILES string of the molecule is O=C(N[C@H]1C[C@H]2COC[C@@H](C1)N2)c1cn(-c2ccsn2)c2ccccc12. The van der Waals surface area contributed by atoms with E-state index in [0.29, 0.717) is 17.6 Å². The molecule has 1 amide bonds. The Kier molecular flexibility index (Phi) is 4.00. The van der Waals surface area contributed by atoms with Crippen molar-refractivity contribution in [3.05, 3.63) is 47.5 Å². The van der Waals surface area contributed by atoms with E-state index in [0.717, 1.165) is 42.8 Å². The number of nitrogens with zero attached hydrogens (tertiary/aromatic N) is 2. The maximum Gasteiger partial charge on any atom is 0.253 e. The van der Waals surface area contributed by atoms with Crippen molar-refractivity contribution in [2.45, 2.75) is 31.0 Å². The van der Waals surface area contributed by atoms with Crippen molar-refractivity contribution in [1.29, 1.82) is 0 Å². The number of carbonyl (C=O) groups excluding carboxylic acids is 1. The summed E-state index contributed by atoms with van der Waals surface area (Å²) in [6.45, 7) is 1.46. The van der Waals surface area contributed by atoms with Gasteiger partial charge in [0, 0.05) is 35.1 Å². The first-order chi connectivity index (χ1) is 12.8. The first-order valence-corrected chi connectivity index (χ1v) is 9.77. The summed E-state index contributed by atoms with van der Waals surface area (Å²) in [7, 11) is 0. The molecule has 1 aromatic carbocycles. The first-order valence-electron chi connectivity index (χ1n) is 8.93. The second-order valence-electron chi connectivity index (χ2n) is 7.03. The highest BCUT2D eigenvalue weighted by Gasteiger charge is 2.33. The topological polar surface area (TPSA) is 68.2 Å². The maximum absolute atomic E-state index is 13.0. The molecule has 0 unspecified atom stereocenters. The van der Waals surface area contributed by atoms with Gasteiger partial charge in [0.25, 0.3) is 5.91 Å². The molecule has 3 atom stereocenters. The van der Waals surface area contributed by atoms with Crippen molar-refractivity contribution >= 4 is 28.3 Å². The highest BCUT2D eigenvalue weighted by atomic mass is 32.1. The van der Waals surface area contributed by atoms with E-state index in [9.17, 15) is 4.79 Å². The van der Waals surface area contributed by atoms with Gasteiger partial charge in [-0.25, -0.2) is 0 Å². The van der Waals surface area contributed by atoms with Crippen LogP contribution >= 0.6 is 11.5 Å². The Morgan fingerprint density at radius 1 is 1.23 bits per heavy atom. The molecule has 2 N–H and O–H groups in total. The molecule has 2 fully saturated rings. The van der Waals surface area contributed by atoms with Gasteiger partial charge in [0.1, 0.15) is 0 Å². The first kappa shape index (κ1) is 16.0. The zero-order valence-electron chi connectivity index (χ0n) is 14.2. The van der Waals surface area contributed by atoms with E-state index in [2.05, 4.69) is 15.0 Å². The number of para-hydroxylation sites is 1. The molecule has 2 bridgehead atoms. The van der Waals surface area contributed by atoms with Crippen LogP contribution in [0.1, 0.15) is 23.2 Å². The van der Waals surface area contributed by atoms with Crippen molar-refractivity contribution in [3.8, 4) is 5.82 Å². The Morgan fingerprint density at radius 3 is 2.81 bits per heavy atom. The lowest BCUT2D eigenvalue weighted by atomic mass is 9.92. The number of carbonyl (C=O) groups is 1. The van der Waals surface area contributed by atoms with Gasteiger partial charge < -0.3 is 15.4 Å². The van der Waals surface area contributed by atoms with Gasteiger partial charge in [-0.2, -0.15) is 4.37 Å². The molecular formula is C19H20N4O2S. The number of piperidine rings is 1. The molecule has 2 saturated heterocycles. The average molecular weight is 368 g/mol.